The second-order valence-electron chi connectivity index (χ2n) is 4.42. The molecule has 21 heavy (non-hydrogen) atoms. The fraction of sp³-hybridized carbons (Fsp3) is 0.0769. The first kappa shape index (κ1) is 12.9. The van der Waals surface area contributed by atoms with Gasteiger partial charge in [0.15, 0.2) is 11.5 Å². The van der Waals surface area contributed by atoms with Crippen LogP contribution in [0.2, 0.25) is 0 Å². The summed E-state index contributed by atoms with van der Waals surface area (Å²) in [6.45, 7) is 0. The van der Waals surface area contributed by atoms with E-state index in [0.29, 0.717) is 5.39 Å². The lowest BCUT2D eigenvalue weighted by atomic mass is 10.2. The summed E-state index contributed by atoms with van der Waals surface area (Å²) in [5.74, 6) is -1.46. The first-order valence-electron chi connectivity index (χ1n) is 6.08. The topological polar surface area (TPSA) is 113 Å². The van der Waals surface area contributed by atoms with E-state index >= 15 is 0 Å². The summed E-state index contributed by atoms with van der Waals surface area (Å²) < 4.78 is 1.61. The van der Waals surface area contributed by atoms with Crippen molar-refractivity contribution >= 4 is 28.6 Å². The van der Waals surface area contributed by atoms with Gasteiger partial charge in [-0.05, 0) is 6.07 Å². The molecule has 8 nitrogen and oxygen atoms in total. The minimum Gasteiger partial charge on any atom is -0.477 e. The van der Waals surface area contributed by atoms with Crippen LogP contribution in [0.15, 0.2) is 30.3 Å². The van der Waals surface area contributed by atoms with E-state index < -0.39 is 11.9 Å². The lowest BCUT2D eigenvalue weighted by Crippen LogP contribution is -2.13. The van der Waals surface area contributed by atoms with Gasteiger partial charge < -0.3 is 10.4 Å². The molecule has 1 amide bonds. The molecule has 0 radical (unpaired) electrons. The highest BCUT2D eigenvalue weighted by Crippen LogP contribution is 2.18. The van der Waals surface area contributed by atoms with Gasteiger partial charge in [-0.2, -0.15) is 10.2 Å². The third-order valence-electron chi connectivity index (χ3n) is 3.02. The summed E-state index contributed by atoms with van der Waals surface area (Å²) in [6.07, 6.45) is 0. The van der Waals surface area contributed by atoms with Crippen LogP contribution in [0.25, 0.3) is 10.9 Å². The Hall–Kier alpha value is -3.16. The molecule has 0 bridgehead atoms. The number of anilines is 1. The van der Waals surface area contributed by atoms with E-state index in [0.717, 1.165) is 5.52 Å². The second kappa shape index (κ2) is 4.75. The molecular weight excluding hydrogens is 274 g/mol. The van der Waals surface area contributed by atoms with Crippen molar-refractivity contribution in [3.05, 3.63) is 41.7 Å². The SMILES string of the molecule is Cn1nc(C(=O)Nc2cc(C(=O)O)[nH]n2)c2ccccc21. The standard InChI is InChI=1S/C13H11N5O3/c1-18-9-5-3-2-4-7(9)11(17-18)12(19)14-10-6-8(13(20)21)15-16-10/h2-6H,1H3,(H,20,21)(H2,14,15,16,19). The highest BCUT2D eigenvalue weighted by Gasteiger charge is 2.17. The number of nitrogens with zero attached hydrogens (tertiary/aromatic N) is 3. The molecule has 1 aromatic carbocycles. The molecule has 3 aromatic rings. The predicted octanol–water partition coefficient (Wildman–Crippen LogP) is 1.25. The molecule has 2 heterocycles. The maximum Gasteiger partial charge on any atom is 0.353 e. The number of fused-ring (bicyclic) bond motifs is 1. The van der Waals surface area contributed by atoms with E-state index in [4.69, 9.17) is 5.11 Å². The van der Waals surface area contributed by atoms with Crippen molar-refractivity contribution in [2.24, 2.45) is 7.05 Å². The van der Waals surface area contributed by atoms with Gasteiger partial charge in [0.25, 0.3) is 5.91 Å². The second-order valence-corrected chi connectivity index (χ2v) is 4.42. The lowest BCUT2D eigenvalue weighted by molar-refractivity contribution is 0.0690. The maximum absolute atomic E-state index is 12.2. The summed E-state index contributed by atoms with van der Waals surface area (Å²) in [5.41, 5.74) is 0.986. The van der Waals surface area contributed by atoms with Crippen LogP contribution in [0.4, 0.5) is 5.82 Å². The van der Waals surface area contributed by atoms with E-state index in [1.54, 1.807) is 17.8 Å². The van der Waals surface area contributed by atoms with Gasteiger partial charge in [0.1, 0.15) is 5.69 Å². The number of carbonyl (C=O) groups excluding carboxylic acids is 1. The zero-order valence-corrected chi connectivity index (χ0v) is 11.0. The largest absolute Gasteiger partial charge is 0.477 e. The van der Waals surface area contributed by atoms with Gasteiger partial charge in [0.2, 0.25) is 0 Å². The number of carboxylic acid groups (broad SMARTS) is 1. The van der Waals surface area contributed by atoms with Gasteiger partial charge in [-0.1, -0.05) is 18.2 Å². The first-order chi connectivity index (χ1) is 10.1. The van der Waals surface area contributed by atoms with E-state index in [2.05, 4.69) is 20.6 Å². The molecule has 0 saturated carbocycles. The lowest BCUT2D eigenvalue weighted by Gasteiger charge is -1.98. The minimum absolute atomic E-state index is 0.101. The van der Waals surface area contributed by atoms with E-state index in [1.807, 2.05) is 18.2 Å². The van der Waals surface area contributed by atoms with Crippen LogP contribution < -0.4 is 5.32 Å². The van der Waals surface area contributed by atoms with Crippen molar-refractivity contribution in [3.63, 3.8) is 0 Å². The van der Waals surface area contributed by atoms with Crippen LogP contribution >= 0.6 is 0 Å². The summed E-state index contributed by atoms with van der Waals surface area (Å²) in [4.78, 5) is 23.0. The van der Waals surface area contributed by atoms with Crippen LogP contribution in [0.1, 0.15) is 21.0 Å². The molecule has 0 aliphatic carbocycles. The Morgan fingerprint density at radius 1 is 1.33 bits per heavy atom. The summed E-state index contributed by atoms with van der Waals surface area (Å²) >= 11 is 0. The number of aromatic nitrogens is 4. The average Bonchev–Trinajstić information content (AvgIpc) is 3.05. The third-order valence-corrected chi connectivity index (χ3v) is 3.02. The number of aryl methyl sites for hydroxylation is 1. The van der Waals surface area contributed by atoms with Crippen LogP contribution in [0, 0.1) is 0 Å². The van der Waals surface area contributed by atoms with Crippen molar-refractivity contribution in [2.75, 3.05) is 5.32 Å². The van der Waals surface area contributed by atoms with Crippen molar-refractivity contribution < 1.29 is 14.7 Å². The van der Waals surface area contributed by atoms with E-state index in [1.165, 1.54) is 6.07 Å². The Balaban J connectivity index is 1.91. The fourth-order valence-electron chi connectivity index (χ4n) is 2.05. The molecule has 0 fully saturated rings. The van der Waals surface area contributed by atoms with Crippen molar-refractivity contribution in [2.45, 2.75) is 0 Å². The monoisotopic (exact) mass is 285 g/mol. The minimum atomic E-state index is -1.15. The number of carbonyl (C=O) groups is 2. The number of aromatic amines is 1. The number of H-pyrrole nitrogens is 1. The number of aromatic carboxylic acids is 1. The fourth-order valence-corrected chi connectivity index (χ4v) is 2.05. The first-order valence-corrected chi connectivity index (χ1v) is 6.08. The molecule has 0 unspecified atom stereocenters. The number of hydrogen-bond donors (Lipinski definition) is 3. The Morgan fingerprint density at radius 2 is 2.10 bits per heavy atom. The smallest absolute Gasteiger partial charge is 0.353 e. The van der Waals surface area contributed by atoms with Gasteiger partial charge >= 0.3 is 5.97 Å². The number of para-hydroxylation sites is 1. The molecule has 0 atom stereocenters. The van der Waals surface area contributed by atoms with E-state index in [-0.39, 0.29) is 17.2 Å². The molecule has 106 valence electrons. The molecule has 0 saturated heterocycles. The zero-order valence-electron chi connectivity index (χ0n) is 11.0. The highest BCUT2D eigenvalue weighted by atomic mass is 16.4. The quantitative estimate of drug-likeness (QED) is 0.670. The van der Waals surface area contributed by atoms with Crippen molar-refractivity contribution in [1.29, 1.82) is 0 Å². The average molecular weight is 285 g/mol. The Kier molecular flexibility index (Phi) is 2.90. The zero-order chi connectivity index (χ0) is 15.0. The highest BCUT2D eigenvalue weighted by molar-refractivity contribution is 6.11. The molecule has 3 N–H and O–H groups in total. The predicted molar refractivity (Wildman–Crippen MR) is 74.2 cm³/mol. The Bertz CT molecular complexity index is 848. The van der Waals surface area contributed by atoms with Gasteiger partial charge in [-0.25, -0.2) is 4.79 Å². The van der Waals surface area contributed by atoms with Crippen molar-refractivity contribution in [3.8, 4) is 0 Å². The number of benzene rings is 1. The third kappa shape index (κ3) is 2.22. The molecule has 0 spiro atoms. The van der Waals surface area contributed by atoms with Gasteiger partial charge in [-0.3, -0.25) is 14.6 Å². The Morgan fingerprint density at radius 3 is 2.81 bits per heavy atom. The van der Waals surface area contributed by atoms with Crippen molar-refractivity contribution in [1.82, 2.24) is 20.0 Å². The summed E-state index contributed by atoms with van der Waals surface area (Å²) in [5, 5.41) is 22.2. The summed E-state index contributed by atoms with van der Waals surface area (Å²) in [7, 11) is 1.75. The van der Waals surface area contributed by atoms with Gasteiger partial charge in [0.05, 0.1) is 5.52 Å². The van der Waals surface area contributed by atoms with Crippen LogP contribution in [0.5, 0.6) is 0 Å². The van der Waals surface area contributed by atoms with E-state index in [9.17, 15) is 9.59 Å². The number of amides is 1. The molecule has 2 aromatic heterocycles. The van der Waals surface area contributed by atoms with Gasteiger partial charge in [0, 0.05) is 18.5 Å². The Labute approximate surface area is 118 Å². The van der Waals surface area contributed by atoms with Gasteiger partial charge in [-0.15, -0.1) is 0 Å². The number of carboxylic acids is 1. The molecular formula is C13H11N5O3. The van der Waals surface area contributed by atoms with Crippen LogP contribution in [-0.4, -0.2) is 37.0 Å². The number of nitrogens with one attached hydrogen (secondary N) is 2. The van der Waals surface area contributed by atoms with Crippen LogP contribution in [-0.2, 0) is 7.05 Å². The molecule has 3 rings (SSSR count). The summed E-state index contributed by atoms with van der Waals surface area (Å²) in [6, 6.07) is 8.57. The van der Waals surface area contributed by atoms with Crippen LogP contribution in [0.3, 0.4) is 0 Å². The molecule has 0 aliphatic rings. The molecule has 0 aliphatic heterocycles. The number of rotatable bonds is 3. The normalized spacial score (nSPS) is 10.7. The molecule has 8 heteroatoms. The number of hydrogen-bond acceptors (Lipinski definition) is 4. The maximum atomic E-state index is 12.2.